The highest BCUT2D eigenvalue weighted by atomic mass is 79.9. The number of rotatable bonds is 5. The van der Waals surface area contributed by atoms with E-state index < -0.39 is 0 Å². The number of hydrogen-bond acceptors (Lipinski definition) is 4. The van der Waals surface area contributed by atoms with Crippen molar-refractivity contribution in [1.82, 2.24) is 20.1 Å². The number of nitrogens with zero attached hydrogens (tertiary/aromatic N) is 3. The molecule has 2 aromatic heterocycles. The molecular weight excluding hydrogens is 424 g/mol. The maximum Gasteiger partial charge on any atom is 0.261 e. The van der Waals surface area contributed by atoms with Crippen molar-refractivity contribution < 1.29 is 4.79 Å². The van der Waals surface area contributed by atoms with Gasteiger partial charge in [-0.15, -0.1) is 11.3 Å². The van der Waals surface area contributed by atoms with E-state index >= 15 is 0 Å². The number of carbonyl (C=O) groups is 1. The average molecular weight is 439 g/mol. The average Bonchev–Trinajstić information content (AvgIpc) is 3.39. The van der Waals surface area contributed by atoms with E-state index in [2.05, 4.69) is 31.3 Å². The van der Waals surface area contributed by atoms with Crippen LogP contribution >= 0.6 is 27.3 Å². The molecule has 2 aromatic carbocycles. The molecule has 0 aliphatic rings. The van der Waals surface area contributed by atoms with Gasteiger partial charge < -0.3 is 5.32 Å². The van der Waals surface area contributed by atoms with Crippen LogP contribution in [0.2, 0.25) is 0 Å². The molecule has 134 valence electrons. The highest BCUT2D eigenvalue weighted by Crippen LogP contribution is 2.29. The summed E-state index contributed by atoms with van der Waals surface area (Å²) in [6.07, 6.45) is 3.15. The second kappa shape index (κ2) is 7.85. The third-order valence-corrected chi connectivity index (χ3v) is 5.69. The topological polar surface area (TPSA) is 59.8 Å². The summed E-state index contributed by atoms with van der Waals surface area (Å²) in [5, 5.41) is 7.07. The maximum atomic E-state index is 12.4. The molecule has 4 aromatic rings. The lowest BCUT2D eigenvalue weighted by Crippen LogP contribution is -2.21. The van der Waals surface area contributed by atoms with Crippen LogP contribution in [-0.4, -0.2) is 20.7 Å². The van der Waals surface area contributed by atoms with Gasteiger partial charge in [0.25, 0.3) is 5.91 Å². The lowest BCUT2D eigenvalue weighted by atomic mass is 10.2. The van der Waals surface area contributed by atoms with Gasteiger partial charge in [0.05, 0.1) is 10.6 Å². The fourth-order valence-corrected chi connectivity index (χ4v) is 3.80. The zero-order valence-corrected chi connectivity index (χ0v) is 16.6. The highest BCUT2D eigenvalue weighted by molar-refractivity contribution is 9.10. The van der Waals surface area contributed by atoms with Crippen molar-refractivity contribution in [2.24, 2.45) is 0 Å². The van der Waals surface area contributed by atoms with Gasteiger partial charge in [-0.25, -0.2) is 9.67 Å². The first kappa shape index (κ1) is 17.6. The van der Waals surface area contributed by atoms with E-state index in [4.69, 9.17) is 0 Å². The van der Waals surface area contributed by atoms with Crippen LogP contribution in [-0.2, 0) is 6.54 Å². The summed E-state index contributed by atoms with van der Waals surface area (Å²) in [4.78, 5) is 18.2. The van der Waals surface area contributed by atoms with E-state index in [9.17, 15) is 4.79 Å². The molecule has 2 heterocycles. The first-order valence-corrected chi connectivity index (χ1v) is 9.88. The summed E-state index contributed by atoms with van der Waals surface area (Å²) in [7, 11) is 0. The molecule has 1 amide bonds. The second-order valence-corrected chi connectivity index (χ2v) is 7.86. The first-order valence-electron chi connectivity index (χ1n) is 8.27. The van der Waals surface area contributed by atoms with E-state index in [-0.39, 0.29) is 5.91 Å². The lowest BCUT2D eigenvalue weighted by Gasteiger charge is -2.05. The van der Waals surface area contributed by atoms with E-state index in [0.717, 1.165) is 26.2 Å². The van der Waals surface area contributed by atoms with Gasteiger partial charge in [0.2, 0.25) is 0 Å². The number of aromatic nitrogens is 3. The Labute approximate surface area is 168 Å². The number of amides is 1. The van der Waals surface area contributed by atoms with Crippen LogP contribution in [0.5, 0.6) is 0 Å². The van der Waals surface area contributed by atoms with Crippen LogP contribution in [0, 0.1) is 0 Å². The predicted octanol–water partition coefficient (Wildman–Crippen LogP) is 4.69. The van der Waals surface area contributed by atoms with Crippen LogP contribution in [0.3, 0.4) is 0 Å². The van der Waals surface area contributed by atoms with Gasteiger partial charge in [-0.3, -0.25) is 4.79 Å². The van der Waals surface area contributed by atoms with Gasteiger partial charge in [-0.2, -0.15) is 5.10 Å². The molecule has 4 rings (SSSR count). The van der Waals surface area contributed by atoms with Gasteiger partial charge >= 0.3 is 0 Å². The Kier molecular flexibility index (Phi) is 5.13. The first-order chi connectivity index (χ1) is 13.2. The number of hydrogen-bond donors (Lipinski definition) is 1. The Bertz CT molecular complexity index is 1040. The molecule has 0 fully saturated rings. The van der Waals surface area contributed by atoms with Crippen LogP contribution < -0.4 is 5.32 Å². The summed E-state index contributed by atoms with van der Waals surface area (Å²) in [6, 6.07) is 19.8. The van der Waals surface area contributed by atoms with Crippen molar-refractivity contribution in [2.75, 3.05) is 0 Å². The smallest absolute Gasteiger partial charge is 0.261 e. The Morgan fingerprint density at radius 3 is 2.52 bits per heavy atom. The van der Waals surface area contributed by atoms with Gasteiger partial charge in [-0.05, 0) is 47.5 Å². The van der Waals surface area contributed by atoms with Crippen LogP contribution in [0.1, 0.15) is 15.2 Å². The summed E-state index contributed by atoms with van der Waals surface area (Å²) in [6.45, 7) is 0.474. The predicted molar refractivity (Wildman–Crippen MR) is 110 cm³/mol. The van der Waals surface area contributed by atoms with Gasteiger partial charge in [-0.1, -0.05) is 40.2 Å². The highest BCUT2D eigenvalue weighted by Gasteiger charge is 2.10. The zero-order chi connectivity index (χ0) is 18.6. The maximum absolute atomic E-state index is 12.4. The molecule has 0 aliphatic heterocycles. The number of nitrogens with one attached hydrogen (secondary N) is 1. The molecule has 1 N–H and O–H groups in total. The molecular formula is C20H15BrN4OS. The van der Waals surface area contributed by atoms with Crippen molar-refractivity contribution in [3.05, 3.63) is 88.2 Å². The summed E-state index contributed by atoms with van der Waals surface area (Å²) in [5.41, 5.74) is 3.06. The fourth-order valence-electron chi connectivity index (χ4n) is 2.61. The molecule has 0 saturated heterocycles. The summed E-state index contributed by atoms with van der Waals surface area (Å²) >= 11 is 4.93. The monoisotopic (exact) mass is 438 g/mol. The minimum Gasteiger partial charge on any atom is -0.347 e. The molecule has 5 nitrogen and oxygen atoms in total. The van der Waals surface area contributed by atoms with E-state index in [1.54, 1.807) is 11.0 Å². The molecule has 27 heavy (non-hydrogen) atoms. The summed E-state index contributed by atoms with van der Waals surface area (Å²) in [5.74, 6) is -0.0660. The van der Waals surface area contributed by atoms with Crippen molar-refractivity contribution in [2.45, 2.75) is 6.54 Å². The van der Waals surface area contributed by atoms with Crippen LogP contribution in [0.15, 0.2) is 77.8 Å². The molecule has 0 bridgehead atoms. The minimum atomic E-state index is -0.0660. The number of thiophene rings is 1. The summed E-state index contributed by atoms with van der Waals surface area (Å²) < 4.78 is 2.73. The number of carbonyl (C=O) groups excluding carboxylic acids is 1. The lowest BCUT2D eigenvalue weighted by molar-refractivity contribution is 0.0955. The van der Waals surface area contributed by atoms with Gasteiger partial charge in [0.15, 0.2) is 0 Å². The van der Waals surface area contributed by atoms with E-state index in [1.165, 1.54) is 17.7 Å². The second-order valence-electron chi connectivity index (χ2n) is 5.86. The molecule has 0 saturated carbocycles. The molecule has 0 atom stereocenters. The molecule has 0 aliphatic carbocycles. The quantitative estimate of drug-likeness (QED) is 0.491. The normalized spacial score (nSPS) is 10.7. The molecule has 0 unspecified atom stereocenters. The SMILES string of the molecule is O=C(NCc1ccc(-n2cncn2)cc1)c1ccc(-c2ccc(Br)cc2)s1. The molecule has 0 spiro atoms. The van der Waals surface area contributed by atoms with Gasteiger partial charge in [0.1, 0.15) is 12.7 Å². The van der Waals surface area contributed by atoms with Crippen molar-refractivity contribution in [3.63, 3.8) is 0 Å². The van der Waals surface area contributed by atoms with Crippen molar-refractivity contribution >= 4 is 33.2 Å². The number of benzene rings is 2. The Morgan fingerprint density at radius 2 is 1.81 bits per heavy atom. The Hall–Kier alpha value is -2.77. The third kappa shape index (κ3) is 4.15. The standard InChI is InChI=1S/C20H15BrN4OS/c21-16-5-3-15(4-6-16)18-9-10-19(27-18)20(26)23-11-14-1-7-17(8-2-14)25-13-22-12-24-25/h1-10,12-13H,11H2,(H,23,26). The molecule has 7 heteroatoms. The van der Waals surface area contributed by atoms with Crippen LogP contribution in [0.4, 0.5) is 0 Å². The molecule has 0 radical (unpaired) electrons. The van der Waals surface area contributed by atoms with Crippen molar-refractivity contribution in [1.29, 1.82) is 0 Å². The largest absolute Gasteiger partial charge is 0.347 e. The third-order valence-electron chi connectivity index (χ3n) is 4.03. The van der Waals surface area contributed by atoms with Crippen LogP contribution in [0.25, 0.3) is 16.1 Å². The van der Waals surface area contributed by atoms with Crippen molar-refractivity contribution in [3.8, 4) is 16.1 Å². The minimum absolute atomic E-state index is 0.0660. The number of halogens is 1. The van der Waals surface area contributed by atoms with Gasteiger partial charge in [0, 0.05) is 15.9 Å². The van der Waals surface area contributed by atoms with E-state index in [0.29, 0.717) is 11.4 Å². The Balaban J connectivity index is 1.39. The Morgan fingerprint density at radius 1 is 1.04 bits per heavy atom. The zero-order valence-electron chi connectivity index (χ0n) is 14.2. The van der Waals surface area contributed by atoms with E-state index in [1.807, 2.05) is 60.7 Å². The fraction of sp³-hybridized carbons (Fsp3) is 0.0500.